The smallest absolute Gasteiger partial charge is 0.361 e. The molecule has 0 fully saturated rings. The topological polar surface area (TPSA) is 112 Å². The van der Waals surface area contributed by atoms with Crippen LogP contribution in [0, 0.1) is 0 Å². The van der Waals surface area contributed by atoms with Crippen LogP contribution >= 0.6 is 0 Å². The van der Waals surface area contributed by atoms with E-state index in [9.17, 15) is 14.4 Å². The van der Waals surface area contributed by atoms with Gasteiger partial charge in [-0.25, -0.2) is 14.3 Å². The molecule has 1 aromatic heterocycles. The molecular weight excluding hydrogens is 364 g/mol. The molecule has 0 aliphatic carbocycles. The predicted molar refractivity (Wildman–Crippen MR) is 101 cm³/mol. The van der Waals surface area contributed by atoms with Gasteiger partial charge in [-0.15, -0.1) is 5.10 Å². The Morgan fingerprint density at radius 1 is 1.07 bits per heavy atom. The summed E-state index contributed by atoms with van der Waals surface area (Å²) in [4.78, 5) is 36.9. The zero-order chi connectivity index (χ0) is 20.8. The van der Waals surface area contributed by atoms with Crippen LogP contribution in [0.1, 0.15) is 65.7 Å². The Labute approximate surface area is 163 Å². The maximum absolute atomic E-state index is 12.8. The summed E-state index contributed by atoms with van der Waals surface area (Å²) in [5.41, 5.74) is 1.23. The standard InChI is InChI=1S/C19H24N4O5/c1-6-14(17(24)20-13-9-7-12(8-10-13)11(2)3)23-16(19(26)28-5)15(21-22-23)18(25)27-4/h7-11,14H,6H2,1-5H3,(H,20,24). The molecule has 0 saturated heterocycles. The molecule has 0 spiro atoms. The van der Waals surface area contributed by atoms with Crippen molar-refractivity contribution in [2.24, 2.45) is 0 Å². The summed E-state index contributed by atoms with van der Waals surface area (Å²) in [5.74, 6) is -1.70. The molecule has 1 heterocycles. The lowest BCUT2D eigenvalue weighted by molar-refractivity contribution is -0.119. The number of carbonyl (C=O) groups excluding carboxylic acids is 3. The quantitative estimate of drug-likeness (QED) is 0.725. The fourth-order valence-corrected chi connectivity index (χ4v) is 2.68. The molecule has 1 N–H and O–H groups in total. The third kappa shape index (κ3) is 4.36. The first-order chi connectivity index (χ1) is 13.3. The Bertz CT molecular complexity index is 858. The number of amides is 1. The van der Waals surface area contributed by atoms with Crippen LogP contribution in [0.25, 0.3) is 0 Å². The summed E-state index contributed by atoms with van der Waals surface area (Å²) in [6.07, 6.45) is 0.309. The van der Waals surface area contributed by atoms with E-state index in [2.05, 4.69) is 34.2 Å². The van der Waals surface area contributed by atoms with Crippen LogP contribution in [0.4, 0.5) is 5.69 Å². The Kier molecular flexibility index (Phi) is 6.86. The Hall–Kier alpha value is -3.23. The van der Waals surface area contributed by atoms with Gasteiger partial charge in [0, 0.05) is 5.69 Å². The summed E-state index contributed by atoms with van der Waals surface area (Å²) >= 11 is 0. The first-order valence-electron chi connectivity index (χ1n) is 8.86. The lowest BCUT2D eigenvalue weighted by Crippen LogP contribution is -2.29. The third-order valence-electron chi connectivity index (χ3n) is 4.28. The molecule has 1 unspecified atom stereocenters. The summed E-state index contributed by atoms with van der Waals surface area (Å²) in [6, 6.07) is 6.62. The zero-order valence-corrected chi connectivity index (χ0v) is 16.6. The van der Waals surface area contributed by atoms with Crippen molar-refractivity contribution < 1.29 is 23.9 Å². The molecule has 0 aliphatic rings. The van der Waals surface area contributed by atoms with Crippen molar-refractivity contribution >= 4 is 23.5 Å². The van der Waals surface area contributed by atoms with Gasteiger partial charge in [0.05, 0.1) is 14.2 Å². The Balaban J connectivity index is 2.33. The first-order valence-corrected chi connectivity index (χ1v) is 8.86. The molecule has 9 nitrogen and oxygen atoms in total. The van der Waals surface area contributed by atoms with Crippen molar-refractivity contribution in [3.05, 3.63) is 41.2 Å². The number of ether oxygens (including phenoxy) is 2. The van der Waals surface area contributed by atoms with E-state index in [-0.39, 0.29) is 11.4 Å². The Morgan fingerprint density at radius 2 is 1.68 bits per heavy atom. The number of hydrogen-bond acceptors (Lipinski definition) is 7. The van der Waals surface area contributed by atoms with E-state index >= 15 is 0 Å². The average Bonchev–Trinajstić information content (AvgIpc) is 3.12. The second-order valence-corrected chi connectivity index (χ2v) is 6.40. The highest BCUT2D eigenvalue weighted by Gasteiger charge is 2.32. The third-order valence-corrected chi connectivity index (χ3v) is 4.28. The van der Waals surface area contributed by atoms with Gasteiger partial charge >= 0.3 is 11.9 Å². The number of benzene rings is 1. The molecule has 1 atom stereocenters. The van der Waals surface area contributed by atoms with Crippen LogP contribution < -0.4 is 5.32 Å². The van der Waals surface area contributed by atoms with Gasteiger partial charge in [0.1, 0.15) is 6.04 Å². The molecule has 28 heavy (non-hydrogen) atoms. The normalized spacial score (nSPS) is 11.8. The van der Waals surface area contributed by atoms with E-state index in [1.54, 1.807) is 6.92 Å². The maximum atomic E-state index is 12.8. The highest BCUT2D eigenvalue weighted by Crippen LogP contribution is 2.21. The average molecular weight is 388 g/mol. The largest absolute Gasteiger partial charge is 0.464 e. The van der Waals surface area contributed by atoms with E-state index < -0.39 is 23.9 Å². The van der Waals surface area contributed by atoms with E-state index in [0.717, 1.165) is 24.5 Å². The number of esters is 2. The molecule has 9 heteroatoms. The molecule has 2 aromatic rings. The molecular formula is C19H24N4O5. The van der Waals surface area contributed by atoms with Gasteiger partial charge in [0.25, 0.3) is 0 Å². The highest BCUT2D eigenvalue weighted by atomic mass is 16.5. The molecule has 1 amide bonds. The molecule has 0 saturated carbocycles. The maximum Gasteiger partial charge on any atom is 0.361 e. The second kappa shape index (κ2) is 9.12. The van der Waals surface area contributed by atoms with Crippen LogP contribution in [0.2, 0.25) is 0 Å². The number of nitrogens with zero attached hydrogens (tertiary/aromatic N) is 3. The van der Waals surface area contributed by atoms with Crippen LogP contribution in [0.5, 0.6) is 0 Å². The fourth-order valence-electron chi connectivity index (χ4n) is 2.68. The minimum absolute atomic E-state index is 0.230. The summed E-state index contributed by atoms with van der Waals surface area (Å²) in [6.45, 7) is 5.92. The molecule has 150 valence electrons. The number of rotatable bonds is 7. The fraction of sp³-hybridized carbons (Fsp3) is 0.421. The number of carbonyl (C=O) groups is 3. The number of anilines is 1. The lowest BCUT2D eigenvalue weighted by Gasteiger charge is -2.17. The van der Waals surface area contributed by atoms with Gasteiger partial charge in [-0.05, 0) is 30.0 Å². The van der Waals surface area contributed by atoms with Gasteiger partial charge in [-0.1, -0.05) is 38.1 Å². The van der Waals surface area contributed by atoms with Crippen LogP contribution in [-0.2, 0) is 14.3 Å². The van der Waals surface area contributed by atoms with Gasteiger partial charge in [-0.3, -0.25) is 4.79 Å². The SMILES string of the molecule is CCC(C(=O)Nc1ccc(C(C)C)cc1)n1nnc(C(=O)OC)c1C(=O)OC. The molecule has 2 rings (SSSR count). The van der Waals surface area contributed by atoms with Crippen molar-refractivity contribution in [3.8, 4) is 0 Å². The zero-order valence-electron chi connectivity index (χ0n) is 16.6. The second-order valence-electron chi connectivity index (χ2n) is 6.40. The van der Waals surface area contributed by atoms with Gasteiger partial charge in [-0.2, -0.15) is 0 Å². The molecule has 1 aromatic carbocycles. The molecule has 0 radical (unpaired) electrons. The monoisotopic (exact) mass is 388 g/mol. The number of hydrogen-bond donors (Lipinski definition) is 1. The highest BCUT2D eigenvalue weighted by molar-refractivity contribution is 6.01. The van der Waals surface area contributed by atoms with E-state index in [4.69, 9.17) is 4.74 Å². The van der Waals surface area contributed by atoms with Crippen molar-refractivity contribution in [1.29, 1.82) is 0 Å². The van der Waals surface area contributed by atoms with Crippen molar-refractivity contribution in [2.75, 3.05) is 19.5 Å². The molecule has 0 bridgehead atoms. The van der Waals surface area contributed by atoms with Crippen molar-refractivity contribution in [2.45, 2.75) is 39.2 Å². The van der Waals surface area contributed by atoms with Crippen LogP contribution in [0.15, 0.2) is 24.3 Å². The van der Waals surface area contributed by atoms with Gasteiger partial charge in [0.2, 0.25) is 11.6 Å². The Morgan fingerprint density at radius 3 is 2.18 bits per heavy atom. The van der Waals surface area contributed by atoms with Crippen molar-refractivity contribution in [1.82, 2.24) is 15.0 Å². The van der Waals surface area contributed by atoms with Crippen molar-refractivity contribution in [3.63, 3.8) is 0 Å². The summed E-state index contributed by atoms with van der Waals surface area (Å²) in [5, 5.41) is 10.3. The summed E-state index contributed by atoms with van der Waals surface area (Å²) in [7, 11) is 2.32. The van der Waals surface area contributed by atoms with Gasteiger partial charge in [0.15, 0.2) is 5.69 Å². The first kappa shape index (κ1) is 21.1. The van der Waals surface area contributed by atoms with E-state index in [0.29, 0.717) is 18.0 Å². The number of nitrogens with one attached hydrogen (secondary N) is 1. The predicted octanol–water partition coefficient (Wildman–Crippen LogP) is 2.56. The van der Waals surface area contributed by atoms with Crippen LogP contribution in [-0.4, -0.2) is 47.1 Å². The minimum atomic E-state index is -0.871. The van der Waals surface area contributed by atoms with Gasteiger partial charge < -0.3 is 14.8 Å². The molecule has 0 aliphatic heterocycles. The van der Waals surface area contributed by atoms with Crippen LogP contribution in [0.3, 0.4) is 0 Å². The number of aromatic nitrogens is 3. The van der Waals surface area contributed by atoms with E-state index in [1.165, 1.54) is 0 Å². The number of methoxy groups -OCH3 is 2. The lowest BCUT2D eigenvalue weighted by atomic mass is 10.0. The van der Waals surface area contributed by atoms with E-state index in [1.807, 2.05) is 24.3 Å². The summed E-state index contributed by atoms with van der Waals surface area (Å²) < 4.78 is 10.4. The minimum Gasteiger partial charge on any atom is -0.464 e.